The van der Waals surface area contributed by atoms with Gasteiger partial charge in [-0.25, -0.2) is 4.79 Å². The van der Waals surface area contributed by atoms with Gasteiger partial charge in [-0.3, -0.25) is 9.59 Å². The molecule has 2 atom stereocenters. The van der Waals surface area contributed by atoms with Crippen LogP contribution in [-0.4, -0.2) is 87.4 Å². The monoisotopic (exact) mass is 1290 g/mol. The second kappa shape index (κ2) is 72.5. The van der Waals surface area contributed by atoms with E-state index < -0.39 is 24.3 Å². The Labute approximate surface area is 571 Å². The molecule has 0 radical (unpaired) electrons. The topological polar surface area (TPSA) is 108 Å². The van der Waals surface area contributed by atoms with Gasteiger partial charge >= 0.3 is 17.9 Å². The molecule has 0 aliphatic heterocycles. The van der Waals surface area contributed by atoms with Gasteiger partial charge < -0.3 is 28.5 Å². The molecular weight excluding hydrogens is 1150 g/mol. The molecule has 0 spiro atoms. The van der Waals surface area contributed by atoms with E-state index >= 15 is 0 Å². The van der Waals surface area contributed by atoms with Crippen molar-refractivity contribution in [2.75, 3.05) is 47.5 Å². The van der Waals surface area contributed by atoms with E-state index in [-0.39, 0.29) is 32.2 Å². The number of ether oxygens (including phenoxy) is 4. The summed E-state index contributed by atoms with van der Waals surface area (Å²) in [6.07, 6.45) is 106. The van der Waals surface area contributed by atoms with Gasteiger partial charge in [0.05, 0.1) is 34.4 Å². The van der Waals surface area contributed by atoms with Gasteiger partial charge in [-0.15, -0.1) is 0 Å². The number of likely N-dealkylation sites (N-methyl/N-ethyl adjacent to an activating group) is 1. The molecule has 9 heteroatoms. The zero-order chi connectivity index (χ0) is 67.5. The molecular formula is C84H138NO8+. The van der Waals surface area contributed by atoms with Crippen LogP contribution in [-0.2, 0) is 33.3 Å². The Balaban J connectivity index is 4.15. The standard InChI is InChI=1S/C84H137NO8/c1-6-8-10-12-14-16-18-20-22-24-26-28-30-32-34-36-38-39-40-41-42-43-45-47-49-51-53-55-57-59-61-63-65-67-69-71-73-75-82(87)93-80(79-92-84(83(88)89)90-77-76-85(3,4)5)78-91-81(86)74-72-70-68-66-64-62-60-58-56-54-52-50-48-46-44-37-35-33-31-29-27-25-23-21-19-17-15-13-11-9-7-2/h8-11,14-17,20-23,26-29,32-35,38-39,41-42,45,47,51,53,80,84H,6-7,12-13,18-19,24-25,30-31,36-37,40,43-44,46,48-50,52,54-79H2,1-5H3/p+1/b10-8-,11-9-,16-14-,17-15-,22-20-,23-21-,28-26-,29-27-,34-32-,35-33-,39-38-,42-41-,47-45-,53-51-. The van der Waals surface area contributed by atoms with Crippen LogP contribution in [0.2, 0.25) is 0 Å². The van der Waals surface area contributed by atoms with Gasteiger partial charge in [0.25, 0.3) is 6.29 Å². The fraction of sp³-hybridized carbons (Fsp3) is 0.631. The third-order valence-electron chi connectivity index (χ3n) is 15.5. The molecule has 0 rings (SSSR count). The zero-order valence-electron chi connectivity index (χ0n) is 60.1. The summed E-state index contributed by atoms with van der Waals surface area (Å²) in [5.41, 5.74) is 0. The predicted molar refractivity (Wildman–Crippen MR) is 400 cm³/mol. The van der Waals surface area contributed by atoms with Gasteiger partial charge in [0.1, 0.15) is 13.2 Å². The first kappa shape index (κ1) is 87.7. The Kier molecular flexibility index (Phi) is 68.3. The molecule has 0 aromatic carbocycles. The summed E-state index contributed by atoms with van der Waals surface area (Å²) in [7, 11) is 5.97. The second-order valence-corrected chi connectivity index (χ2v) is 25.5. The number of aliphatic carboxylic acids is 1. The predicted octanol–water partition coefficient (Wildman–Crippen LogP) is 23.8. The molecule has 0 fully saturated rings. The normalized spacial score (nSPS) is 13.7. The number of allylic oxidation sites excluding steroid dienone is 28. The zero-order valence-corrected chi connectivity index (χ0v) is 60.1. The minimum absolute atomic E-state index is 0.179. The van der Waals surface area contributed by atoms with E-state index in [1.165, 1.54) is 116 Å². The number of carbonyl (C=O) groups is 3. The van der Waals surface area contributed by atoms with E-state index in [2.05, 4.69) is 184 Å². The first-order valence-corrected chi connectivity index (χ1v) is 37.3. The summed E-state index contributed by atoms with van der Waals surface area (Å²) < 4.78 is 23.0. The number of hydrogen-bond acceptors (Lipinski definition) is 7. The number of carboxylic acids is 1. The molecule has 0 aromatic rings. The van der Waals surface area contributed by atoms with Crippen molar-refractivity contribution in [3.05, 3.63) is 170 Å². The average molecular weight is 1290 g/mol. The van der Waals surface area contributed by atoms with Crippen LogP contribution < -0.4 is 0 Å². The molecule has 0 saturated heterocycles. The lowest BCUT2D eigenvalue weighted by Gasteiger charge is -2.25. The molecule has 0 aromatic heterocycles. The van der Waals surface area contributed by atoms with Gasteiger partial charge in [0.15, 0.2) is 6.10 Å². The van der Waals surface area contributed by atoms with Crippen LogP contribution in [0.4, 0.5) is 0 Å². The highest BCUT2D eigenvalue weighted by Gasteiger charge is 2.25. The molecule has 9 nitrogen and oxygen atoms in total. The smallest absolute Gasteiger partial charge is 0.361 e. The summed E-state index contributed by atoms with van der Waals surface area (Å²) >= 11 is 0. The summed E-state index contributed by atoms with van der Waals surface area (Å²) in [5, 5.41) is 9.76. The summed E-state index contributed by atoms with van der Waals surface area (Å²) in [4.78, 5) is 37.7. The lowest BCUT2D eigenvalue weighted by atomic mass is 10.0. The number of quaternary nitrogens is 1. The van der Waals surface area contributed by atoms with Gasteiger partial charge in [0, 0.05) is 12.8 Å². The molecule has 1 N–H and O–H groups in total. The largest absolute Gasteiger partial charge is 0.477 e. The van der Waals surface area contributed by atoms with Gasteiger partial charge in [-0.2, -0.15) is 0 Å². The van der Waals surface area contributed by atoms with Crippen molar-refractivity contribution in [2.24, 2.45) is 0 Å². The highest BCUT2D eigenvalue weighted by Crippen LogP contribution is 2.17. The van der Waals surface area contributed by atoms with Gasteiger partial charge in [0.2, 0.25) is 0 Å². The quantitative estimate of drug-likeness (QED) is 0.0211. The number of carboxylic acid groups (broad SMARTS) is 1. The Hall–Kier alpha value is -5.35. The molecule has 2 unspecified atom stereocenters. The molecule has 0 aliphatic carbocycles. The number of rotatable bonds is 67. The van der Waals surface area contributed by atoms with E-state index in [1.54, 1.807) is 0 Å². The molecule has 0 bridgehead atoms. The lowest BCUT2D eigenvalue weighted by Crippen LogP contribution is -2.40. The molecule has 0 saturated carbocycles. The van der Waals surface area contributed by atoms with Crippen LogP contribution in [0.3, 0.4) is 0 Å². The Bertz CT molecular complexity index is 2140. The summed E-state index contributed by atoms with van der Waals surface area (Å²) in [6, 6.07) is 0. The molecule has 0 heterocycles. The summed E-state index contributed by atoms with van der Waals surface area (Å²) in [5.74, 6) is -2.02. The molecule has 526 valence electrons. The molecule has 93 heavy (non-hydrogen) atoms. The van der Waals surface area contributed by atoms with Crippen LogP contribution in [0.15, 0.2) is 170 Å². The van der Waals surface area contributed by atoms with Crippen LogP contribution in [0.25, 0.3) is 0 Å². The Morgan fingerprint density at radius 3 is 0.860 bits per heavy atom. The lowest BCUT2D eigenvalue weighted by molar-refractivity contribution is -0.870. The number of hydrogen-bond donors (Lipinski definition) is 1. The van der Waals surface area contributed by atoms with Gasteiger partial charge in [-0.05, 0) is 128 Å². The number of esters is 2. The van der Waals surface area contributed by atoms with Crippen molar-refractivity contribution in [3.8, 4) is 0 Å². The van der Waals surface area contributed by atoms with Crippen LogP contribution in [0.5, 0.6) is 0 Å². The number of nitrogens with zero attached hydrogens (tertiary/aromatic N) is 1. The van der Waals surface area contributed by atoms with E-state index in [4.69, 9.17) is 18.9 Å². The highest BCUT2D eigenvalue weighted by molar-refractivity contribution is 5.71. The fourth-order valence-electron chi connectivity index (χ4n) is 9.86. The van der Waals surface area contributed by atoms with Gasteiger partial charge in [-0.1, -0.05) is 312 Å². The van der Waals surface area contributed by atoms with Crippen molar-refractivity contribution in [1.82, 2.24) is 0 Å². The van der Waals surface area contributed by atoms with Crippen molar-refractivity contribution in [3.63, 3.8) is 0 Å². The number of carbonyl (C=O) groups excluding carboxylic acids is 2. The van der Waals surface area contributed by atoms with Crippen LogP contribution in [0, 0.1) is 0 Å². The van der Waals surface area contributed by atoms with E-state index in [9.17, 15) is 19.5 Å². The maximum Gasteiger partial charge on any atom is 0.361 e. The van der Waals surface area contributed by atoms with Crippen LogP contribution in [0.1, 0.15) is 284 Å². The van der Waals surface area contributed by atoms with Crippen LogP contribution >= 0.6 is 0 Å². The summed E-state index contributed by atoms with van der Waals surface area (Å²) in [6.45, 7) is 4.64. The third kappa shape index (κ3) is 73.9. The fourth-order valence-corrected chi connectivity index (χ4v) is 9.86. The first-order valence-electron chi connectivity index (χ1n) is 37.3. The Morgan fingerprint density at radius 2 is 0.581 bits per heavy atom. The SMILES string of the molecule is CC/C=C\C/C=C\C/C=C\C/C=C\C/C=C\C/C=C\C/C=C\C/C=C\C/C=C\CCCCCCCCCCCC(=O)OC(COC(=O)CCCCCCCCCCCCCCCCC/C=C\C/C=C\C/C=C\C/C=C\C/C=C\CC)COC(OCC[N+](C)(C)C)C(=O)O. The van der Waals surface area contributed by atoms with Crippen molar-refractivity contribution in [2.45, 2.75) is 296 Å². The van der Waals surface area contributed by atoms with Crippen molar-refractivity contribution < 1.29 is 42.9 Å². The maximum absolute atomic E-state index is 13.0. The van der Waals surface area contributed by atoms with Crippen molar-refractivity contribution >= 4 is 17.9 Å². The third-order valence-corrected chi connectivity index (χ3v) is 15.5. The average Bonchev–Trinajstić information content (AvgIpc) is 3.73. The molecule has 0 aliphatic rings. The minimum Gasteiger partial charge on any atom is -0.477 e. The van der Waals surface area contributed by atoms with Crippen molar-refractivity contribution in [1.29, 1.82) is 0 Å². The maximum atomic E-state index is 13.0. The minimum atomic E-state index is -1.52. The first-order chi connectivity index (χ1) is 45.6. The van der Waals surface area contributed by atoms with E-state index in [1.807, 2.05) is 21.1 Å². The highest BCUT2D eigenvalue weighted by atomic mass is 16.7. The number of unbranched alkanes of at least 4 members (excludes halogenated alkanes) is 24. The van der Waals surface area contributed by atoms with E-state index in [0.29, 0.717) is 23.9 Å². The Morgan fingerprint density at radius 1 is 0.323 bits per heavy atom. The van der Waals surface area contributed by atoms with E-state index in [0.717, 1.165) is 135 Å². The second-order valence-electron chi connectivity index (χ2n) is 25.5. The molecule has 0 amide bonds.